The summed E-state index contributed by atoms with van der Waals surface area (Å²) in [6.45, 7) is 3.91. The fourth-order valence-corrected chi connectivity index (χ4v) is 3.16. The molecule has 0 bridgehead atoms. The van der Waals surface area contributed by atoms with Crippen LogP contribution >= 0.6 is 12.4 Å². The van der Waals surface area contributed by atoms with E-state index in [1.54, 1.807) is 33.1 Å². The maximum absolute atomic E-state index is 13.3. The van der Waals surface area contributed by atoms with Crippen LogP contribution in [0.3, 0.4) is 0 Å². The number of para-hydroxylation sites is 1. The van der Waals surface area contributed by atoms with Gasteiger partial charge >= 0.3 is 5.97 Å². The Morgan fingerprint density at radius 3 is 2.27 bits per heavy atom. The predicted molar refractivity (Wildman–Crippen MR) is 117 cm³/mol. The van der Waals surface area contributed by atoms with E-state index in [9.17, 15) is 9.18 Å². The fourth-order valence-electron chi connectivity index (χ4n) is 3.16. The fraction of sp³-hybridized carbons (Fsp3) is 0.435. The monoisotopic (exact) mass is 439 g/mol. The zero-order chi connectivity index (χ0) is 21.2. The molecule has 0 aliphatic heterocycles. The maximum atomic E-state index is 13.3. The van der Waals surface area contributed by atoms with Crippen LogP contribution in [-0.4, -0.2) is 37.9 Å². The molecule has 0 heterocycles. The smallest absolute Gasteiger partial charge is 0.323 e. The number of carbonyl (C=O) groups is 1. The van der Waals surface area contributed by atoms with Gasteiger partial charge in [0, 0.05) is 19.6 Å². The van der Waals surface area contributed by atoms with Crippen molar-refractivity contribution < 1.29 is 23.4 Å². The highest BCUT2D eigenvalue weighted by atomic mass is 35.5. The Labute approximate surface area is 184 Å². The van der Waals surface area contributed by atoms with Crippen LogP contribution in [0.1, 0.15) is 25.8 Å². The normalized spacial score (nSPS) is 14.7. The molecule has 0 saturated heterocycles. The van der Waals surface area contributed by atoms with Crippen LogP contribution in [-0.2, 0) is 20.7 Å². The van der Waals surface area contributed by atoms with Crippen molar-refractivity contribution in [2.45, 2.75) is 44.9 Å². The van der Waals surface area contributed by atoms with E-state index in [0.717, 1.165) is 5.56 Å². The van der Waals surface area contributed by atoms with Gasteiger partial charge in [-0.3, -0.25) is 4.79 Å². The van der Waals surface area contributed by atoms with Gasteiger partial charge in [-0.1, -0.05) is 30.3 Å². The van der Waals surface area contributed by atoms with Gasteiger partial charge < -0.3 is 19.9 Å². The van der Waals surface area contributed by atoms with Crippen LogP contribution in [0.15, 0.2) is 54.6 Å². The van der Waals surface area contributed by atoms with Gasteiger partial charge in [-0.2, -0.15) is 0 Å². The lowest BCUT2D eigenvalue weighted by atomic mass is 9.88. The molecule has 2 rings (SSSR count). The molecule has 4 atom stereocenters. The van der Waals surface area contributed by atoms with Crippen molar-refractivity contribution in [2.24, 2.45) is 11.7 Å². The average Bonchev–Trinajstić information content (AvgIpc) is 2.71. The lowest BCUT2D eigenvalue weighted by molar-refractivity contribution is -0.155. The minimum absolute atomic E-state index is 0. The third kappa shape index (κ3) is 8.30. The van der Waals surface area contributed by atoms with Gasteiger partial charge in [0.25, 0.3) is 0 Å². The highest BCUT2D eigenvalue weighted by molar-refractivity contribution is 5.85. The SMILES string of the molecule is COCC[C@H](Cc1ccc(F)cc1)[C@@H](Oc1ccccc1)[C@H](C)OC(=O)[C@H](C)N.Cl. The molecular weight excluding hydrogens is 409 g/mol. The quantitative estimate of drug-likeness (QED) is 0.532. The number of benzene rings is 2. The molecule has 0 fully saturated rings. The second-order valence-electron chi connectivity index (χ2n) is 7.20. The summed E-state index contributed by atoms with van der Waals surface area (Å²) in [6.07, 6.45) is 0.350. The summed E-state index contributed by atoms with van der Waals surface area (Å²) in [5, 5.41) is 0. The van der Waals surface area contributed by atoms with E-state index in [2.05, 4.69) is 0 Å². The van der Waals surface area contributed by atoms with E-state index in [1.807, 2.05) is 30.3 Å². The number of methoxy groups -OCH3 is 1. The molecule has 0 spiro atoms. The first-order chi connectivity index (χ1) is 13.9. The first-order valence-electron chi connectivity index (χ1n) is 9.82. The van der Waals surface area contributed by atoms with Gasteiger partial charge in [0.05, 0.1) is 0 Å². The lowest BCUT2D eigenvalue weighted by Gasteiger charge is -2.32. The first-order valence-corrected chi connectivity index (χ1v) is 9.82. The molecule has 5 nitrogen and oxygen atoms in total. The maximum Gasteiger partial charge on any atom is 0.323 e. The third-order valence-corrected chi connectivity index (χ3v) is 4.72. The summed E-state index contributed by atoms with van der Waals surface area (Å²) in [5.41, 5.74) is 6.63. The Balaban J connectivity index is 0.00000450. The minimum atomic E-state index is -0.718. The number of carbonyl (C=O) groups excluding carboxylic acids is 1. The summed E-state index contributed by atoms with van der Waals surface area (Å²) in [6, 6.07) is 15.1. The predicted octanol–water partition coefficient (Wildman–Crippen LogP) is 4.17. The van der Waals surface area contributed by atoms with Gasteiger partial charge in [0.2, 0.25) is 0 Å². The molecule has 2 N–H and O–H groups in total. The molecule has 0 aromatic heterocycles. The summed E-state index contributed by atoms with van der Waals surface area (Å²) < 4.78 is 30.4. The van der Waals surface area contributed by atoms with Crippen molar-refractivity contribution in [1.82, 2.24) is 0 Å². The van der Waals surface area contributed by atoms with E-state index in [4.69, 9.17) is 19.9 Å². The van der Waals surface area contributed by atoms with Crippen molar-refractivity contribution in [1.29, 1.82) is 0 Å². The van der Waals surface area contributed by atoms with Crippen molar-refractivity contribution in [3.8, 4) is 5.75 Å². The van der Waals surface area contributed by atoms with Crippen LogP contribution in [0, 0.1) is 11.7 Å². The molecule has 0 aliphatic carbocycles. The summed E-state index contributed by atoms with van der Waals surface area (Å²) in [7, 11) is 1.64. The van der Waals surface area contributed by atoms with E-state index >= 15 is 0 Å². The van der Waals surface area contributed by atoms with Gasteiger partial charge in [0.1, 0.15) is 29.8 Å². The zero-order valence-corrected chi connectivity index (χ0v) is 18.4. The standard InChI is InChI=1S/C23H30FNO4.ClH/c1-16(25)23(26)28-17(2)22(29-21-7-5-4-6-8-21)19(13-14-27-3)15-18-9-11-20(24)12-10-18;/h4-12,16-17,19,22H,13-15,25H2,1-3H3;1H/t16-,17-,19+,22-;/m0./s1. The third-order valence-electron chi connectivity index (χ3n) is 4.72. The Morgan fingerprint density at radius 1 is 1.07 bits per heavy atom. The summed E-state index contributed by atoms with van der Waals surface area (Å²) in [5.74, 6) is -0.107. The molecule has 7 heteroatoms. The topological polar surface area (TPSA) is 70.8 Å². The van der Waals surface area contributed by atoms with Crippen LogP contribution in [0.5, 0.6) is 5.75 Å². The number of hydrogen-bond acceptors (Lipinski definition) is 5. The van der Waals surface area contributed by atoms with Crippen LogP contribution in [0.4, 0.5) is 4.39 Å². The molecule has 0 saturated carbocycles. The van der Waals surface area contributed by atoms with Gasteiger partial charge in [-0.05, 0) is 56.5 Å². The Hall–Kier alpha value is -2.15. The van der Waals surface area contributed by atoms with Gasteiger partial charge in [-0.25, -0.2) is 4.39 Å². The molecule has 2 aromatic carbocycles. The molecule has 0 radical (unpaired) electrons. The molecule has 0 amide bonds. The summed E-state index contributed by atoms with van der Waals surface area (Å²) >= 11 is 0. The van der Waals surface area contributed by atoms with Gasteiger partial charge in [-0.15, -0.1) is 12.4 Å². The van der Waals surface area contributed by atoms with E-state index in [0.29, 0.717) is 25.2 Å². The molecule has 2 aromatic rings. The Kier molecular flexibility index (Phi) is 11.4. The largest absolute Gasteiger partial charge is 0.486 e. The molecule has 0 aliphatic rings. The van der Waals surface area contributed by atoms with Crippen molar-refractivity contribution in [3.63, 3.8) is 0 Å². The minimum Gasteiger partial charge on any atom is -0.486 e. The second kappa shape index (κ2) is 13.2. The number of ether oxygens (including phenoxy) is 3. The van der Waals surface area contributed by atoms with Crippen LogP contribution in [0.25, 0.3) is 0 Å². The number of esters is 1. The zero-order valence-electron chi connectivity index (χ0n) is 17.6. The van der Waals surface area contributed by atoms with Crippen molar-refractivity contribution in [2.75, 3.05) is 13.7 Å². The number of nitrogens with two attached hydrogens (primary N) is 1. The van der Waals surface area contributed by atoms with Crippen molar-refractivity contribution in [3.05, 3.63) is 66.0 Å². The van der Waals surface area contributed by atoms with E-state index in [-0.39, 0.29) is 24.1 Å². The molecular formula is C23H31ClFNO4. The first kappa shape index (κ1) is 25.9. The van der Waals surface area contributed by atoms with Crippen molar-refractivity contribution >= 4 is 18.4 Å². The number of hydrogen-bond donors (Lipinski definition) is 1. The van der Waals surface area contributed by atoms with E-state index < -0.39 is 24.2 Å². The van der Waals surface area contributed by atoms with Crippen LogP contribution < -0.4 is 10.5 Å². The highest BCUT2D eigenvalue weighted by Crippen LogP contribution is 2.26. The highest BCUT2D eigenvalue weighted by Gasteiger charge is 2.32. The average molecular weight is 440 g/mol. The lowest BCUT2D eigenvalue weighted by Crippen LogP contribution is -2.43. The number of halogens is 2. The summed E-state index contributed by atoms with van der Waals surface area (Å²) in [4.78, 5) is 12.1. The Morgan fingerprint density at radius 2 is 1.70 bits per heavy atom. The molecule has 30 heavy (non-hydrogen) atoms. The van der Waals surface area contributed by atoms with Gasteiger partial charge in [0.15, 0.2) is 0 Å². The molecule has 166 valence electrons. The molecule has 0 unspecified atom stereocenters. The second-order valence-corrected chi connectivity index (χ2v) is 7.20. The van der Waals surface area contributed by atoms with E-state index in [1.165, 1.54) is 12.1 Å². The van der Waals surface area contributed by atoms with Crippen LogP contribution in [0.2, 0.25) is 0 Å². The number of rotatable bonds is 11. The Bertz CT molecular complexity index is 743.